The van der Waals surface area contributed by atoms with E-state index < -0.39 is 5.92 Å². The highest BCUT2D eigenvalue weighted by Gasteiger charge is 2.30. The molecule has 0 saturated carbocycles. The van der Waals surface area contributed by atoms with E-state index in [0.29, 0.717) is 28.8 Å². The van der Waals surface area contributed by atoms with E-state index in [4.69, 9.17) is 0 Å². The first kappa shape index (κ1) is 14.3. The second-order valence-corrected chi connectivity index (χ2v) is 4.88. The maximum Gasteiger partial charge on any atom is 0.286 e. The van der Waals surface area contributed by atoms with Crippen LogP contribution in [0.4, 0.5) is 8.78 Å². The van der Waals surface area contributed by atoms with Gasteiger partial charge in [0.15, 0.2) is 5.78 Å². The Balaban J connectivity index is 2.39. The highest BCUT2D eigenvalue weighted by atomic mass is 19.3. The van der Waals surface area contributed by atoms with Crippen LogP contribution in [-0.4, -0.2) is 17.4 Å². The first-order chi connectivity index (χ1) is 9.29. The van der Waals surface area contributed by atoms with Crippen LogP contribution < -0.4 is 0 Å². The number of benzene rings is 1. The van der Waals surface area contributed by atoms with Crippen molar-refractivity contribution in [2.45, 2.75) is 26.2 Å². The van der Waals surface area contributed by atoms with Crippen molar-refractivity contribution in [3.05, 3.63) is 59.3 Å². The zero-order chi connectivity index (χ0) is 14.9. The molecule has 4 heteroatoms. The van der Waals surface area contributed by atoms with Gasteiger partial charge < -0.3 is 0 Å². The molecule has 0 spiro atoms. The molecule has 0 unspecified atom stereocenters. The topological polar surface area (TPSA) is 29.4 Å². The molecule has 1 aromatic carbocycles. The summed E-state index contributed by atoms with van der Waals surface area (Å²) in [5, 5.41) is 0. The van der Waals surface area contributed by atoms with Crippen molar-refractivity contribution >= 4 is 11.5 Å². The minimum Gasteiger partial charge on any atom is -0.295 e. The van der Waals surface area contributed by atoms with Gasteiger partial charge in [-0.2, -0.15) is 8.78 Å². The molecule has 0 amide bonds. The number of hydrogen-bond donors (Lipinski definition) is 0. The Hall–Kier alpha value is -2.10. The summed E-state index contributed by atoms with van der Waals surface area (Å²) in [7, 11) is 0. The molecule has 20 heavy (non-hydrogen) atoms. The molecule has 0 fully saturated rings. The van der Waals surface area contributed by atoms with E-state index in [1.54, 1.807) is 24.3 Å². The molecule has 1 aromatic rings. The second-order valence-electron chi connectivity index (χ2n) is 4.88. The predicted molar refractivity (Wildman–Crippen MR) is 75.4 cm³/mol. The molecule has 0 N–H and O–H groups in total. The van der Waals surface area contributed by atoms with Gasteiger partial charge in [0.2, 0.25) is 0 Å². The summed E-state index contributed by atoms with van der Waals surface area (Å²) in [6, 6.07) is 6.74. The number of hydrogen-bond acceptors (Lipinski definition) is 2. The van der Waals surface area contributed by atoms with Crippen molar-refractivity contribution in [3.63, 3.8) is 0 Å². The van der Waals surface area contributed by atoms with Gasteiger partial charge in [-0.15, -0.1) is 0 Å². The van der Waals surface area contributed by atoms with Gasteiger partial charge in [0.05, 0.1) is 5.71 Å². The molecule has 0 aliphatic carbocycles. The summed E-state index contributed by atoms with van der Waals surface area (Å²) in [5.74, 6) is -3.01. The van der Waals surface area contributed by atoms with Gasteiger partial charge in [-0.05, 0) is 18.9 Å². The number of halogens is 2. The number of Topliss-reactive ketones (excluding diaryl/α,β-unsaturated/α-hetero) is 1. The van der Waals surface area contributed by atoms with Crippen LogP contribution in [0, 0.1) is 0 Å². The zero-order valence-electron chi connectivity index (χ0n) is 11.4. The van der Waals surface area contributed by atoms with Crippen LogP contribution in [0.5, 0.6) is 0 Å². The third kappa shape index (κ3) is 2.90. The van der Waals surface area contributed by atoms with Gasteiger partial charge in [0.1, 0.15) is 5.70 Å². The van der Waals surface area contributed by atoms with Gasteiger partial charge in [0.25, 0.3) is 5.92 Å². The third-order valence-electron chi connectivity index (χ3n) is 3.12. The van der Waals surface area contributed by atoms with E-state index in [-0.39, 0.29) is 11.5 Å². The number of carbonyl (C=O) groups is 1. The fourth-order valence-corrected chi connectivity index (χ4v) is 1.97. The largest absolute Gasteiger partial charge is 0.295 e. The van der Waals surface area contributed by atoms with Crippen LogP contribution in [-0.2, 0) is 0 Å². The highest BCUT2D eigenvalue weighted by Crippen LogP contribution is 2.30. The lowest BCUT2D eigenvalue weighted by Crippen LogP contribution is -2.18. The fourth-order valence-electron chi connectivity index (χ4n) is 1.97. The minimum absolute atomic E-state index is 0.0402. The molecule has 0 atom stereocenters. The summed E-state index contributed by atoms with van der Waals surface area (Å²) in [6.45, 7) is 6.16. The average molecular weight is 275 g/mol. The van der Waals surface area contributed by atoms with E-state index >= 15 is 0 Å². The summed E-state index contributed by atoms with van der Waals surface area (Å²) in [5.41, 5.74) is 2.17. The van der Waals surface area contributed by atoms with E-state index in [1.165, 1.54) is 13.0 Å². The molecule has 104 valence electrons. The maximum atomic E-state index is 13.3. The highest BCUT2D eigenvalue weighted by molar-refractivity contribution is 6.13. The smallest absolute Gasteiger partial charge is 0.286 e. The molecule has 1 aliphatic heterocycles. The normalized spacial score (nSPS) is 15.7. The lowest BCUT2D eigenvalue weighted by molar-refractivity contribution is 0.0616. The lowest BCUT2D eigenvalue weighted by atomic mass is 9.96. The molecule has 0 aromatic heterocycles. The molecule has 2 nitrogen and oxygen atoms in total. The number of nitrogens with zero attached hydrogens (tertiary/aromatic N) is 1. The maximum absolute atomic E-state index is 13.3. The first-order valence-electron chi connectivity index (χ1n) is 6.25. The first-order valence-corrected chi connectivity index (χ1v) is 6.25. The number of alkyl halides is 2. The fraction of sp³-hybridized carbons (Fsp3) is 0.250. The molecular formula is C16H15F2NO. The Bertz CT molecular complexity index is 619. The van der Waals surface area contributed by atoms with Crippen LogP contribution >= 0.6 is 0 Å². The van der Waals surface area contributed by atoms with E-state index in [1.807, 2.05) is 0 Å². The van der Waals surface area contributed by atoms with Crippen molar-refractivity contribution in [1.82, 2.24) is 0 Å². The van der Waals surface area contributed by atoms with E-state index in [2.05, 4.69) is 11.6 Å². The third-order valence-corrected chi connectivity index (χ3v) is 3.12. The van der Waals surface area contributed by atoms with Gasteiger partial charge in [0, 0.05) is 18.1 Å². The van der Waals surface area contributed by atoms with Crippen molar-refractivity contribution < 1.29 is 13.6 Å². The number of ketones is 1. The summed E-state index contributed by atoms with van der Waals surface area (Å²) < 4.78 is 26.7. The van der Waals surface area contributed by atoms with Crippen molar-refractivity contribution in [3.8, 4) is 0 Å². The van der Waals surface area contributed by atoms with Gasteiger partial charge in [-0.3, -0.25) is 4.79 Å². The zero-order valence-corrected chi connectivity index (χ0v) is 11.4. The van der Waals surface area contributed by atoms with Crippen molar-refractivity contribution in [1.29, 1.82) is 0 Å². The predicted octanol–water partition coefficient (Wildman–Crippen LogP) is 4.18. The summed E-state index contributed by atoms with van der Waals surface area (Å²) in [6.07, 6.45) is 1.75. The number of aliphatic imine (C=N–C) groups is 1. The molecule has 2 rings (SSSR count). The Morgan fingerprint density at radius 1 is 1.30 bits per heavy atom. The molecule has 1 aliphatic rings. The van der Waals surface area contributed by atoms with Crippen LogP contribution in [0.25, 0.3) is 0 Å². The molecule has 0 saturated heterocycles. The van der Waals surface area contributed by atoms with Gasteiger partial charge >= 0.3 is 0 Å². The molecule has 0 radical (unpaired) electrons. The summed E-state index contributed by atoms with van der Waals surface area (Å²) >= 11 is 0. The van der Waals surface area contributed by atoms with Crippen LogP contribution in [0.15, 0.2) is 53.2 Å². The van der Waals surface area contributed by atoms with Crippen molar-refractivity contribution in [2.75, 3.05) is 0 Å². The molecular weight excluding hydrogens is 260 g/mol. The van der Waals surface area contributed by atoms with E-state index in [9.17, 15) is 13.6 Å². The summed E-state index contributed by atoms with van der Waals surface area (Å²) in [4.78, 5) is 15.2. The monoisotopic (exact) mass is 275 g/mol. The lowest BCUT2D eigenvalue weighted by Gasteiger charge is -2.19. The van der Waals surface area contributed by atoms with Crippen LogP contribution in [0.2, 0.25) is 0 Å². The number of carbonyl (C=O) groups excluding carboxylic acids is 1. The standard InChI is InChI=1S/C16H15F2NO/c1-10-4-9-14(16(3,17)18)19-15(10)13-7-5-12(6-8-13)11(2)20/h5-9H,1,4H2,2-3H3. The van der Waals surface area contributed by atoms with Crippen LogP contribution in [0.3, 0.4) is 0 Å². The Labute approximate surface area is 116 Å². The minimum atomic E-state index is -2.97. The Morgan fingerprint density at radius 2 is 1.90 bits per heavy atom. The molecule has 0 bridgehead atoms. The second kappa shape index (κ2) is 5.12. The Kier molecular flexibility index (Phi) is 3.66. The quantitative estimate of drug-likeness (QED) is 0.761. The number of allylic oxidation sites excluding steroid dienone is 3. The average Bonchev–Trinajstić information content (AvgIpc) is 2.38. The Morgan fingerprint density at radius 3 is 2.40 bits per heavy atom. The van der Waals surface area contributed by atoms with Crippen molar-refractivity contribution in [2.24, 2.45) is 4.99 Å². The van der Waals surface area contributed by atoms with Crippen LogP contribution in [0.1, 0.15) is 36.2 Å². The van der Waals surface area contributed by atoms with E-state index in [0.717, 1.165) is 6.92 Å². The van der Waals surface area contributed by atoms with Gasteiger partial charge in [-0.1, -0.05) is 36.9 Å². The van der Waals surface area contributed by atoms with Gasteiger partial charge in [-0.25, -0.2) is 4.99 Å². The number of rotatable bonds is 3. The molecule has 1 heterocycles. The SMILES string of the molecule is C=C1CC=C(C(C)(F)F)N=C1c1ccc(C(C)=O)cc1.